The van der Waals surface area contributed by atoms with Crippen molar-refractivity contribution in [2.75, 3.05) is 39.3 Å². The molecule has 45 heavy (non-hydrogen) atoms. The van der Waals surface area contributed by atoms with Gasteiger partial charge in [-0.2, -0.15) is 5.10 Å². The van der Waals surface area contributed by atoms with Crippen LogP contribution in [0.3, 0.4) is 0 Å². The lowest BCUT2D eigenvalue weighted by Gasteiger charge is -2.33. The zero-order chi connectivity index (χ0) is 32.8. The number of aromatic nitrogens is 3. The van der Waals surface area contributed by atoms with E-state index >= 15 is 0 Å². The standard InChI is InChI=1S/C33H61N4O7P/c1-4-5-6-7-8-9-10-11-12-13-14-15-16-17-18-19-23-42-24-20-25-43-45(39,40)44-27-33(2,41-3)31(38)26-29-21-22-30-32(34)35-28-36-37(29)30/h21-22,28,31,38H,4-20,23-27H2,1-3H3,(H,39,40)(H2,34,35,36)/t31-,33+/m0/s1. The molecule has 0 spiro atoms. The SMILES string of the molecule is CCCCCCCCCCCCCCCCCCOCCCOP(=O)(O)OC[C@@](C)(OC)[C@@H](O)Cc1ccc2c(N)ncnn12. The molecule has 2 aromatic rings. The van der Waals surface area contributed by atoms with Crippen LogP contribution >= 0.6 is 7.82 Å². The van der Waals surface area contributed by atoms with Crippen LogP contribution in [0.2, 0.25) is 0 Å². The van der Waals surface area contributed by atoms with Crippen molar-refractivity contribution in [2.24, 2.45) is 0 Å². The second-order valence-electron chi connectivity index (χ2n) is 12.3. The molecule has 2 heterocycles. The fourth-order valence-electron chi connectivity index (χ4n) is 5.31. The number of phosphoric acid groups is 1. The first kappa shape index (κ1) is 39.6. The number of aliphatic hydroxyl groups is 1. The highest BCUT2D eigenvalue weighted by molar-refractivity contribution is 7.47. The summed E-state index contributed by atoms with van der Waals surface area (Å²) in [5.41, 5.74) is 5.90. The Morgan fingerprint density at radius 3 is 2.00 bits per heavy atom. The Hall–Kier alpha value is -1.59. The average molecular weight is 657 g/mol. The highest BCUT2D eigenvalue weighted by atomic mass is 31.2. The highest BCUT2D eigenvalue weighted by Crippen LogP contribution is 2.44. The van der Waals surface area contributed by atoms with Gasteiger partial charge < -0.3 is 25.2 Å². The van der Waals surface area contributed by atoms with E-state index in [0.29, 0.717) is 36.7 Å². The lowest BCUT2D eigenvalue weighted by atomic mass is 9.96. The summed E-state index contributed by atoms with van der Waals surface area (Å²) in [5, 5.41) is 15.1. The average Bonchev–Trinajstić information content (AvgIpc) is 3.44. The van der Waals surface area contributed by atoms with E-state index in [1.165, 1.54) is 110 Å². The third-order valence-corrected chi connectivity index (χ3v) is 9.44. The quantitative estimate of drug-likeness (QED) is 0.0596. The Balaban J connectivity index is 1.45. The van der Waals surface area contributed by atoms with Crippen LogP contribution in [0.15, 0.2) is 18.5 Å². The third kappa shape index (κ3) is 16.2. The topological polar surface area (TPSA) is 151 Å². The van der Waals surface area contributed by atoms with E-state index in [0.717, 1.165) is 6.42 Å². The number of fused-ring (bicyclic) bond motifs is 1. The Morgan fingerprint density at radius 1 is 0.867 bits per heavy atom. The number of anilines is 1. The number of nitrogen functional groups attached to an aromatic ring is 1. The summed E-state index contributed by atoms with van der Waals surface area (Å²) in [6, 6.07) is 3.54. The Labute approximate surface area is 271 Å². The maximum atomic E-state index is 12.4. The van der Waals surface area contributed by atoms with Crippen LogP contribution in [-0.2, 0) is 29.5 Å². The molecule has 2 aromatic heterocycles. The fourth-order valence-corrected chi connectivity index (χ4v) is 6.16. The molecule has 0 saturated carbocycles. The number of methoxy groups -OCH3 is 1. The van der Waals surface area contributed by atoms with Crippen LogP contribution in [0.1, 0.15) is 129 Å². The van der Waals surface area contributed by atoms with Gasteiger partial charge in [0.25, 0.3) is 0 Å². The molecule has 0 aliphatic carbocycles. The zero-order valence-electron chi connectivity index (χ0n) is 28.2. The van der Waals surface area contributed by atoms with Crippen LogP contribution in [0.5, 0.6) is 0 Å². The van der Waals surface area contributed by atoms with Gasteiger partial charge in [-0.1, -0.05) is 103 Å². The van der Waals surface area contributed by atoms with Crippen molar-refractivity contribution in [3.8, 4) is 0 Å². The first-order valence-corrected chi connectivity index (χ1v) is 18.7. The number of hydrogen-bond acceptors (Lipinski definition) is 9. The number of rotatable bonds is 29. The molecular formula is C33H61N4O7P. The second kappa shape index (κ2) is 22.9. The molecule has 3 atom stereocenters. The Kier molecular flexibility index (Phi) is 20.1. The van der Waals surface area contributed by atoms with Gasteiger partial charge in [0, 0.05) is 32.4 Å². The van der Waals surface area contributed by atoms with Gasteiger partial charge in [-0.05, 0) is 31.9 Å². The number of nitrogens with zero attached hydrogens (tertiary/aromatic N) is 3. The molecule has 0 aromatic carbocycles. The van der Waals surface area contributed by atoms with E-state index in [1.807, 2.05) is 0 Å². The van der Waals surface area contributed by atoms with Gasteiger partial charge in [-0.3, -0.25) is 9.05 Å². The minimum absolute atomic E-state index is 0.0241. The van der Waals surface area contributed by atoms with Gasteiger partial charge in [0.2, 0.25) is 0 Å². The predicted octanol–water partition coefficient (Wildman–Crippen LogP) is 7.42. The summed E-state index contributed by atoms with van der Waals surface area (Å²) in [5.74, 6) is 0.326. The van der Waals surface area contributed by atoms with Gasteiger partial charge in [0.15, 0.2) is 5.82 Å². The largest absolute Gasteiger partial charge is 0.472 e. The summed E-state index contributed by atoms with van der Waals surface area (Å²) < 4.78 is 35.4. The summed E-state index contributed by atoms with van der Waals surface area (Å²) >= 11 is 0. The zero-order valence-corrected chi connectivity index (χ0v) is 29.1. The predicted molar refractivity (Wildman–Crippen MR) is 179 cm³/mol. The molecule has 0 aliphatic rings. The minimum atomic E-state index is -4.34. The number of aliphatic hydroxyl groups excluding tert-OH is 1. The number of phosphoric ester groups is 1. The van der Waals surface area contributed by atoms with Crippen molar-refractivity contribution >= 4 is 19.2 Å². The van der Waals surface area contributed by atoms with E-state index in [-0.39, 0.29) is 19.6 Å². The first-order valence-electron chi connectivity index (χ1n) is 17.2. The van der Waals surface area contributed by atoms with E-state index < -0.39 is 19.5 Å². The molecule has 0 amide bonds. The summed E-state index contributed by atoms with van der Waals surface area (Å²) in [4.78, 5) is 14.1. The van der Waals surface area contributed by atoms with Gasteiger partial charge in [0.05, 0.1) is 19.3 Å². The van der Waals surface area contributed by atoms with E-state index in [2.05, 4.69) is 17.0 Å². The van der Waals surface area contributed by atoms with E-state index in [1.54, 1.807) is 23.6 Å². The van der Waals surface area contributed by atoms with Crippen LogP contribution in [-0.4, -0.2) is 69.8 Å². The number of unbranched alkanes of at least 4 members (excludes halogenated alkanes) is 15. The monoisotopic (exact) mass is 656 g/mol. The van der Waals surface area contributed by atoms with Crippen molar-refractivity contribution in [3.63, 3.8) is 0 Å². The smallest absolute Gasteiger partial charge is 0.390 e. The lowest BCUT2D eigenvalue weighted by molar-refractivity contribution is -0.115. The lowest BCUT2D eigenvalue weighted by Crippen LogP contribution is -2.46. The molecule has 4 N–H and O–H groups in total. The number of hydrogen-bond donors (Lipinski definition) is 3. The number of ether oxygens (including phenoxy) is 2. The van der Waals surface area contributed by atoms with Crippen molar-refractivity contribution in [2.45, 2.75) is 141 Å². The van der Waals surface area contributed by atoms with Gasteiger partial charge >= 0.3 is 7.82 Å². The van der Waals surface area contributed by atoms with Crippen LogP contribution < -0.4 is 5.73 Å². The van der Waals surface area contributed by atoms with Gasteiger partial charge in [-0.25, -0.2) is 14.1 Å². The van der Waals surface area contributed by atoms with Crippen molar-refractivity contribution in [1.82, 2.24) is 14.6 Å². The van der Waals surface area contributed by atoms with Gasteiger partial charge in [0.1, 0.15) is 17.4 Å². The van der Waals surface area contributed by atoms with Crippen molar-refractivity contribution in [3.05, 3.63) is 24.2 Å². The highest BCUT2D eigenvalue weighted by Gasteiger charge is 2.37. The molecule has 12 heteroatoms. The molecular weight excluding hydrogens is 595 g/mol. The van der Waals surface area contributed by atoms with Crippen molar-refractivity contribution < 1.29 is 33.1 Å². The molecule has 0 radical (unpaired) electrons. The van der Waals surface area contributed by atoms with Crippen LogP contribution in [0.4, 0.5) is 5.82 Å². The second-order valence-corrected chi connectivity index (χ2v) is 13.8. The van der Waals surface area contributed by atoms with Gasteiger partial charge in [-0.15, -0.1) is 0 Å². The Bertz CT molecular complexity index is 1090. The molecule has 1 unspecified atom stereocenters. The molecule has 0 aliphatic heterocycles. The first-order chi connectivity index (χ1) is 21.7. The fraction of sp³-hybridized carbons (Fsp3) is 0.818. The molecule has 0 fully saturated rings. The molecule has 11 nitrogen and oxygen atoms in total. The third-order valence-electron chi connectivity index (χ3n) is 8.48. The maximum Gasteiger partial charge on any atom is 0.472 e. The molecule has 260 valence electrons. The molecule has 0 saturated heterocycles. The summed E-state index contributed by atoms with van der Waals surface area (Å²) in [7, 11) is -2.94. The Morgan fingerprint density at radius 2 is 1.42 bits per heavy atom. The molecule has 0 bridgehead atoms. The van der Waals surface area contributed by atoms with Crippen LogP contribution in [0, 0.1) is 0 Å². The van der Waals surface area contributed by atoms with E-state index in [4.69, 9.17) is 24.3 Å². The summed E-state index contributed by atoms with van der Waals surface area (Å²) in [6.07, 6.45) is 22.3. The van der Waals surface area contributed by atoms with E-state index in [9.17, 15) is 14.6 Å². The summed E-state index contributed by atoms with van der Waals surface area (Å²) in [6.45, 7) is 4.68. The molecule has 2 rings (SSSR count). The van der Waals surface area contributed by atoms with Crippen molar-refractivity contribution in [1.29, 1.82) is 0 Å². The minimum Gasteiger partial charge on any atom is -0.390 e. The normalized spacial score (nSPS) is 15.3. The number of nitrogens with two attached hydrogens (primary N) is 1. The van der Waals surface area contributed by atoms with Crippen LogP contribution in [0.25, 0.3) is 5.52 Å². The maximum absolute atomic E-state index is 12.4.